The van der Waals surface area contributed by atoms with Crippen LogP contribution in [0, 0.1) is 6.92 Å². The summed E-state index contributed by atoms with van der Waals surface area (Å²) in [6, 6.07) is 14.5. The second-order valence-corrected chi connectivity index (χ2v) is 5.60. The van der Waals surface area contributed by atoms with E-state index in [1.807, 2.05) is 24.3 Å². The molecule has 2 heterocycles. The van der Waals surface area contributed by atoms with Gasteiger partial charge in [-0.1, -0.05) is 36.4 Å². The van der Waals surface area contributed by atoms with Crippen LogP contribution < -0.4 is 11.2 Å². The number of carbonyl (C=O) groups is 3. The molecule has 7 heteroatoms. The van der Waals surface area contributed by atoms with Gasteiger partial charge in [-0.05, 0) is 24.6 Å². The molecular weight excluding hydrogens is 332 g/mol. The Balaban J connectivity index is 2.07. The molecule has 0 fully saturated rings. The van der Waals surface area contributed by atoms with E-state index in [2.05, 4.69) is 10.5 Å². The molecule has 3 aromatic rings. The number of benzene rings is 1. The van der Waals surface area contributed by atoms with E-state index < -0.39 is 11.8 Å². The van der Waals surface area contributed by atoms with E-state index in [9.17, 15) is 14.4 Å². The fraction of sp³-hybridized carbons (Fsp3) is 0.0526. The van der Waals surface area contributed by atoms with Gasteiger partial charge in [-0.2, -0.15) is 5.10 Å². The summed E-state index contributed by atoms with van der Waals surface area (Å²) < 4.78 is 1.78. The molecule has 2 aromatic heterocycles. The van der Waals surface area contributed by atoms with Crippen molar-refractivity contribution < 1.29 is 14.4 Å². The van der Waals surface area contributed by atoms with E-state index in [1.54, 1.807) is 41.8 Å². The largest absolute Gasteiger partial charge is 0.361 e. The molecule has 7 nitrogen and oxygen atoms in total. The van der Waals surface area contributed by atoms with E-state index in [1.165, 1.54) is 6.21 Å². The van der Waals surface area contributed by atoms with Gasteiger partial charge in [0.2, 0.25) is 5.78 Å². The smallest absolute Gasteiger partial charge is 0.329 e. The van der Waals surface area contributed by atoms with Gasteiger partial charge < -0.3 is 10.1 Å². The summed E-state index contributed by atoms with van der Waals surface area (Å²) in [4.78, 5) is 34.9. The third kappa shape index (κ3) is 3.10. The second kappa shape index (κ2) is 7.02. The quantitative estimate of drug-likeness (QED) is 0.322. The zero-order chi connectivity index (χ0) is 18.7. The highest BCUT2D eigenvalue weighted by atomic mass is 16.2. The van der Waals surface area contributed by atoms with E-state index >= 15 is 0 Å². The van der Waals surface area contributed by atoms with E-state index in [-0.39, 0.29) is 5.78 Å². The van der Waals surface area contributed by atoms with E-state index in [4.69, 9.17) is 5.73 Å². The molecule has 1 aromatic carbocycles. The molecule has 0 saturated heterocycles. The van der Waals surface area contributed by atoms with Gasteiger partial charge in [0.1, 0.15) is 0 Å². The molecule has 3 N–H and O–H groups in total. The molecule has 0 unspecified atom stereocenters. The number of nitrogens with zero attached hydrogens (tertiary/aromatic N) is 2. The molecule has 2 amide bonds. The number of nitrogens with two attached hydrogens (primary N) is 1. The Bertz CT molecular complexity index is 1040. The van der Waals surface area contributed by atoms with Crippen LogP contribution in [-0.2, 0) is 9.59 Å². The van der Waals surface area contributed by atoms with Crippen molar-refractivity contribution in [1.29, 1.82) is 0 Å². The lowest BCUT2D eigenvalue weighted by atomic mass is 10.0. The molecule has 0 bridgehead atoms. The van der Waals surface area contributed by atoms with Gasteiger partial charge in [0.05, 0.1) is 17.4 Å². The highest BCUT2D eigenvalue weighted by Gasteiger charge is 2.20. The molecule has 0 saturated carbocycles. The minimum atomic E-state index is -1.12. The molecular formula is C19H16N4O3. The summed E-state index contributed by atoms with van der Waals surface area (Å²) in [7, 11) is 0. The third-order valence-corrected chi connectivity index (χ3v) is 3.97. The highest BCUT2D eigenvalue weighted by Crippen LogP contribution is 2.24. The number of hydrogen-bond donors (Lipinski definition) is 2. The Morgan fingerprint density at radius 3 is 2.46 bits per heavy atom. The normalized spacial score (nSPS) is 11.0. The van der Waals surface area contributed by atoms with Gasteiger partial charge in [-0.25, -0.2) is 5.43 Å². The van der Waals surface area contributed by atoms with Crippen molar-refractivity contribution in [3.63, 3.8) is 0 Å². The first-order valence-corrected chi connectivity index (χ1v) is 7.83. The molecule has 0 spiro atoms. The lowest BCUT2D eigenvalue weighted by molar-refractivity contribution is -0.137. The Kier molecular flexibility index (Phi) is 4.62. The highest BCUT2D eigenvalue weighted by molar-refractivity contribution is 6.34. The summed E-state index contributed by atoms with van der Waals surface area (Å²) in [5, 5.41) is 3.77. The summed E-state index contributed by atoms with van der Waals surface area (Å²) in [5.41, 5.74) is 10.1. The van der Waals surface area contributed by atoms with Crippen LogP contribution in [0.2, 0.25) is 0 Å². The maximum atomic E-state index is 13.0. The van der Waals surface area contributed by atoms with Gasteiger partial charge in [-0.15, -0.1) is 0 Å². The van der Waals surface area contributed by atoms with Crippen molar-refractivity contribution in [2.75, 3.05) is 0 Å². The first-order chi connectivity index (χ1) is 12.5. The number of hydrogen-bond acceptors (Lipinski definition) is 4. The van der Waals surface area contributed by atoms with Gasteiger partial charge in [0, 0.05) is 17.3 Å². The van der Waals surface area contributed by atoms with Gasteiger partial charge in [0.25, 0.3) is 0 Å². The molecule has 0 aliphatic rings. The Morgan fingerprint density at radius 2 is 1.77 bits per heavy atom. The predicted octanol–water partition coefficient (Wildman–Crippen LogP) is 1.41. The first kappa shape index (κ1) is 17.1. The average Bonchev–Trinajstić information content (AvgIpc) is 2.93. The van der Waals surface area contributed by atoms with Gasteiger partial charge in [-0.3, -0.25) is 14.4 Å². The Labute approximate surface area is 149 Å². The number of aromatic nitrogens is 1. The monoisotopic (exact) mass is 348 g/mol. The summed E-state index contributed by atoms with van der Waals surface area (Å²) in [5.74, 6) is -2.26. The van der Waals surface area contributed by atoms with Gasteiger partial charge >= 0.3 is 11.8 Å². The van der Waals surface area contributed by atoms with E-state index in [0.717, 1.165) is 5.52 Å². The van der Waals surface area contributed by atoms with Crippen LogP contribution in [0.1, 0.15) is 27.2 Å². The standard InChI is InChI=1S/C19H16N4O3/c1-12-14(11-21-22-19(26)18(20)25)15-9-5-6-10-23(15)16(12)17(24)13-7-3-2-4-8-13/h2-11H,1H3,(H2,20,25)(H,22,26)/b21-11-. The number of hydrazone groups is 1. The van der Waals surface area contributed by atoms with Crippen molar-refractivity contribution in [2.45, 2.75) is 6.92 Å². The minimum absolute atomic E-state index is 0.120. The van der Waals surface area contributed by atoms with Crippen molar-refractivity contribution in [1.82, 2.24) is 9.83 Å². The second-order valence-electron chi connectivity index (χ2n) is 5.60. The number of carbonyl (C=O) groups excluding carboxylic acids is 3. The Morgan fingerprint density at radius 1 is 1.08 bits per heavy atom. The average molecular weight is 348 g/mol. The van der Waals surface area contributed by atoms with Crippen molar-refractivity contribution in [3.05, 3.63) is 77.1 Å². The summed E-state index contributed by atoms with van der Waals surface area (Å²) in [6.45, 7) is 1.81. The molecule has 26 heavy (non-hydrogen) atoms. The van der Waals surface area contributed by atoms with Crippen molar-refractivity contribution in [2.24, 2.45) is 10.8 Å². The van der Waals surface area contributed by atoms with Crippen LogP contribution in [-0.4, -0.2) is 28.2 Å². The lowest BCUT2D eigenvalue weighted by Gasteiger charge is -2.03. The maximum Gasteiger partial charge on any atom is 0.329 e. The van der Waals surface area contributed by atoms with Crippen molar-refractivity contribution in [3.8, 4) is 0 Å². The Hall–Kier alpha value is -3.74. The fourth-order valence-electron chi connectivity index (χ4n) is 2.74. The molecule has 0 atom stereocenters. The fourth-order valence-corrected chi connectivity index (χ4v) is 2.74. The zero-order valence-corrected chi connectivity index (χ0v) is 14.0. The summed E-state index contributed by atoms with van der Waals surface area (Å²) >= 11 is 0. The van der Waals surface area contributed by atoms with Crippen LogP contribution in [0.25, 0.3) is 5.52 Å². The number of nitrogens with one attached hydrogen (secondary N) is 1. The molecule has 0 aliphatic heterocycles. The topological polar surface area (TPSA) is 106 Å². The van der Waals surface area contributed by atoms with Crippen LogP contribution >= 0.6 is 0 Å². The predicted molar refractivity (Wildman–Crippen MR) is 96.9 cm³/mol. The number of pyridine rings is 1. The minimum Gasteiger partial charge on any atom is -0.361 e. The summed E-state index contributed by atoms with van der Waals surface area (Å²) in [6.07, 6.45) is 3.19. The van der Waals surface area contributed by atoms with E-state index in [0.29, 0.717) is 22.4 Å². The maximum absolute atomic E-state index is 13.0. The van der Waals surface area contributed by atoms with Crippen molar-refractivity contribution >= 4 is 29.3 Å². The molecule has 0 radical (unpaired) electrons. The number of amides is 2. The van der Waals surface area contributed by atoms with Gasteiger partial charge in [0.15, 0.2) is 0 Å². The van der Waals surface area contributed by atoms with Crippen LogP contribution in [0.3, 0.4) is 0 Å². The van der Waals surface area contributed by atoms with Crippen LogP contribution in [0.5, 0.6) is 0 Å². The zero-order valence-electron chi connectivity index (χ0n) is 14.0. The van der Waals surface area contributed by atoms with Crippen LogP contribution in [0.15, 0.2) is 59.8 Å². The van der Waals surface area contributed by atoms with Crippen LogP contribution in [0.4, 0.5) is 0 Å². The molecule has 130 valence electrons. The number of fused-ring (bicyclic) bond motifs is 1. The third-order valence-electron chi connectivity index (χ3n) is 3.97. The SMILES string of the molecule is Cc1c(/C=N\NC(=O)C(N)=O)c2ccccn2c1C(=O)c1ccccc1. The number of rotatable bonds is 4. The lowest BCUT2D eigenvalue weighted by Crippen LogP contribution is -2.32. The molecule has 0 aliphatic carbocycles. The molecule has 3 rings (SSSR count). The number of primary amides is 1. The number of ketones is 1. The first-order valence-electron chi connectivity index (χ1n) is 7.83.